The molecule has 0 aliphatic carbocycles. The van der Waals surface area contributed by atoms with E-state index >= 15 is 0 Å². The molecule has 0 fully saturated rings. The molecule has 5 heteroatoms. The van der Waals surface area contributed by atoms with E-state index in [0.717, 1.165) is 0 Å². The summed E-state index contributed by atoms with van der Waals surface area (Å²) in [5.74, 6) is 0.0746. The Balaban J connectivity index is 3.38. The minimum absolute atomic E-state index is 0.324. The van der Waals surface area contributed by atoms with Gasteiger partial charge in [0.15, 0.2) is 0 Å². The summed E-state index contributed by atoms with van der Waals surface area (Å²) in [6, 6.07) is -0.510. The fourth-order valence-electron chi connectivity index (χ4n) is 1.29. The van der Waals surface area contributed by atoms with E-state index in [0.29, 0.717) is 45.2 Å². The molecular weight excluding hydrogens is 222 g/mol. The molecule has 17 heavy (non-hydrogen) atoms. The molecule has 0 unspecified atom stereocenters. The van der Waals surface area contributed by atoms with Crippen molar-refractivity contribution in [2.75, 3.05) is 33.5 Å². The van der Waals surface area contributed by atoms with Crippen molar-refractivity contribution < 1.29 is 19.0 Å². The van der Waals surface area contributed by atoms with Gasteiger partial charge in [-0.3, -0.25) is 4.79 Å². The minimum atomic E-state index is -0.510. The first-order chi connectivity index (χ1) is 8.07. The first kappa shape index (κ1) is 16.4. The standard InChI is InChI=1S/C12H25NO4/c1-10(2)9-11(13)12(14)17-6-4-5-16-8-7-15-3/h10-11H,4-9,13H2,1-3H3/t11-/m1/s1. The number of nitrogens with two attached hydrogens (primary N) is 1. The molecule has 102 valence electrons. The number of carbonyl (C=O) groups is 1. The number of esters is 1. The van der Waals surface area contributed by atoms with Crippen molar-refractivity contribution in [3.63, 3.8) is 0 Å². The number of methoxy groups -OCH3 is 1. The van der Waals surface area contributed by atoms with E-state index in [1.54, 1.807) is 7.11 Å². The average molecular weight is 247 g/mol. The number of carbonyl (C=O) groups excluding carboxylic acids is 1. The van der Waals surface area contributed by atoms with E-state index in [2.05, 4.69) is 0 Å². The van der Waals surface area contributed by atoms with Gasteiger partial charge in [0.1, 0.15) is 6.04 Å². The van der Waals surface area contributed by atoms with Crippen molar-refractivity contribution in [1.82, 2.24) is 0 Å². The van der Waals surface area contributed by atoms with E-state index in [1.165, 1.54) is 0 Å². The Bertz CT molecular complexity index is 197. The van der Waals surface area contributed by atoms with Gasteiger partial charge < -0.3 is 19.9 Å². The Morgan fingerprint density at radius 2 is 1.88 bits per heavy atom. The van der Waals surface area contributed by atoms with Gasteiger partial charge in [0.05, 0.1) is 19.8 Å². The highest BCUT2D eigenvalue weighted by atomic mass is 16.5. The van der Waals surface area contributed by atoms with Crippen molar-refractivity contribution in [2.24, 2.45) is 11.7 Å². The fraction of sp³-hybridized carbons (Fsp3) is 0.917. The van der Waals surface area contributed by atoms with Gasteiger partial charge in [-0.1, -0.05) is 13.8 Å². The van der Waals surface area contributed by atoms with Crippen LogP contribution in [0.25, 0.3) is 0 Å². The van der Waals surface area contributed by atoms with E-state index < -0.39 is 6.04 Å². The Morgan fingerprint density at radius 1 is 1.18 bits per heavy atom. The number of hydrogen-bond donors (Lipinski definition) is 1. The van der Waals surface area contributed by atoms with Crippen LogP contribution < -0.4 is 5.73 Å². The molecule has 1 atom stereocenters. The van der Waals surface area contributed by atoms with Crippen LogP contribution in [0.5, 0.6) is 0 Å². The lowest BCUT2D eigenvalue weighted by atomic mass is 10.1. The fourth-order valence-corrected chi connectivity index (χ4v) is 1.29. The van der Waals surface area contributed by atoms with Crippen molar-refractivity contribution in [1.29, 1.82) is 0 Å². The van der Waals surface area contributed by atoms with Crippen molar-refractivity contribution in [2.45, 2.75) is 32.7 Å². The Morgan fingerprint density at radius 3 is 2.47 bits per heavy atom. The van der Waals surface area contributed by atoms with Gasteiger partial charge in [-0.2, -0.15) is 0 Å². The molecule has 2 N–H and O–H groups in total. The van der Waals surface area contributed by atoms with E-state index in [9.17, 15) is 4.79 Å². The van der Waals surface area contributed by atoms with E-state index in [1.807, 2.05) is 13.8 Å². The van der Waals surface area contributed by atoms with Gasteiger partial charge in [-0.15, -0.1) is 0 Å². The molecule has 0 aliphatic rings. The maximum atomic E-state index is 11.4. The van der Waals surface area contributed by atoms with Crippen LogP contribution in [0.4, 0.5) is 0 Å². The predicted octanol–water partition coefficient (Wildman–Crippen LogP) is 0.956. The van der Waals surface area contributed by atoms with Crippen molar-refractivity contribution in [3.8, 4) is 0 Å². The van der Waals surface area contributed by atoms with Crippen LogP contribution in [0.3, 0.4) is 0 Å². The smallest absolute Gasteiger partial charge is 0.322 e. The largest absolute Gasteiger partial charge is 0.464 e. The monoisotopic (exact) mass is 247 g/mol. The third-order valence-electron chi connectivity index (χ3n) is 2.14. The summed E-state index contributed by atoms with van der Waals surface area (Å²) < 4.78 is 15.1. The molecule has 0 aromatic rings. The van der Waals surface area contributed by atoms with E-state index in [4.69, 9.17) is 19.9 Å². The highest BCUT2D eigenvalue weighted by Gasteiger charge is 2.15. The second kappa shape index (κ2) is 10.5. The van der Waals surface area contributed by atoms with Gasteiger partial charge in [-0.05, 0) is 12.3 Å². The van der Waals surface area contributed by atoms with Crippen molar-refractivity contribution in [3.05, 3.63) is 0 Å². The maximum absolute atomic E-state index is 11.4. The second-order valence-corrected chi connectivity index (χ2v) is 4.36. The Kier molecular flexibility index (Phi) is 10.1. The summed E-state index contributed by atoms with van der Waals surface area (Å²) in [7, 11) is 1.63. The topological polar surface area (TPSA) is 70.8 Å². The Labute approximate surface area is 104 Å². The molecule has 5 nitrogen and oxygen atoms in total. The first-order valence-corrected chi connectivity index (χ1v) is 6.06. The van der Waals surface area contributed by atoms with Crippen LogP contribution in [-0.4, -0.2) is 45.5 Å². The average Bonchev–Trinajstić information content (AvgIpc) is 2.26. The second-order valence-electron chi connectivity index (χ2n) is 4.36. The summed E-state index contributed by atoms with van der Waals surface area (Å²) in [4.78, 5) is 11.4. The molecule has 0 radical (unpaired) electrons. The maximum Gasteiger partial charge on any atom is 0.322 e. The molecule has 0 saturated carbocycles. The number of ether oxygens (including phenoxy) is 3. The quantitative estimate of drug-likeness (QED) is 0.460. The van der Waals surface area contributed by atoms with Crippen LogP contribution in [0.1, 0.15) is 26.7 Å². The summed E-state index contributed by atoms with van der Waals surface area (Å²) >= 11 is 0. The van der Waals surface area contributed by atoms with Gasteiger partial charge in [0, 0.05) is 20.1 Å². The third-order valence-corrected chi connectivity index (χ3v) is 2.14. The highest BCUT2D eigenvalue weighted by Crippen LogP contribution is 2.04. The van der Waals surface area contributed by atoms with Gasteiger partial charge in [-0.25, -0.2) is 0 Å². The molecule has 0 aromatic carbocycles. The molecule has 0 aromatic heterocycles. The van der Waals surface area contributed by atoms with Crippen LogP contribution in [0, 0.1) is 5.92 Å². The predicted molar refractivity (Wildman–Crippen MR) is 65.7 cm³/mol. The minimum Gasteiger partial charge on any atom is -0.464 e. The molecule has 0 spiro atoms. The summed E-state index contributed by atoms with van der Waals surface area (Å²) in [6.45, 7) is 6.12. The number of rotatable bonds is 10. The normalized spacial score (nSPS) is 12.8. The van der Waals surface area contributed by atoms with Gasteiger partial charge >= 0.3 is 5.97 Å². The Hall–Kier alpha value is -0.650. The van der Waals surface area contributed by atoms with Crippen LogP contribution in [0.2, 0.25) is 0 Å². The summed E-state index contributed by atoms with van der Waals surface area (Å²) in [5.41, 5.74) is 5.68. The number of hydrogen-bond acceptors (Lipinski definition) is 5. The summed E-state index contributed by atoms with van der Waals surface area (Å²) in [6.07, 6.45) is 1.34. The van der Waals surface area contributed by atoms with E-state index in [-0.39, 0.29) is 5.97 Å². The molecule has 0 aliphatic heterocycles. The molecule has 0 amide bonds. The first-order valence-electron chi connectivity index (χ1n) is 6.06. The lowest BCUT2D eigenvalue weighted by Crippen LogP contribution is -2.33. The highest BCUT2D eigenvalue weighted by molar-refractivity contribution is 5.75. The molecule has 0 saturated heterocycles. The zero-order chi connectivity index (χ0) is 13.1. The SMILES string of the molecule is COCCOCCCOC(=O)[C@H](N)CC(C)C. The third kappa shape index (κ3) is 10.2. The zero-order valence-corrected chi connectivity index (χ0v) is 11.1. The van der Waals surface area contributed by atoms with Crippen LogP contribution in [-0.2, 0) is 19.0 Å². The van der Waals surface area contributed by atoms with Crippen molar-refractivity contribution >= 4 is 5.97 Å². The van der Waals surface area contributed by atoms with Crippen LogP contribution in [0.15, 0.2) is 0 Å². The van der Waals surface area contributed by atoms with Crippen LogP contribution >= 0.6 is 0 Å². The molecule has 0 rings (SSSR count). The molecule has 0 bridgehead atoms. The summed E-state index contributed by atoms with van der Waals surface area (Å²) in [5, 5.41) is 0. The molecular formula is C12H25NO4. The van der Waals surface area contributed by atoms with Gasteiger partial charge in [0.25, 0.3) is 0 Å². The lowest BCUT2D eigenvalue weighted by molar-refractivity contribution is -0.146. The zero-order valence-electron chi connectivity index (χ0n) is 11.1. The lowest BCUT2D eigenvalue weighted by Gasteiger charge is -2.13. The molecule has 0 heterocycles. The van der Waals surface area contributed by atoms with Gasteiger partial charge in [0.2, 0.25) is 0 Å².